The molecule has 0 aromatic rings. The average Bonchev–Trinajstić information content (AvgIpc) is 2.99. The van der Waals surface area contributed by atoms with E-state index >= 15 is 0 Å². The first-order valence-electron chi connectivity index (χ1n) is 6.54. The van der Waals surface area contributed by atoms with Crippen LogP contribution in [-0.4, -0.2) is 23.5 Å². The molecule has 14 heavy (non-hydrogen) atoms. The van der Waals surface area contributed by atoms with Crippen molar-refractivity contribution in [1.82, 2.24) is 4.90 Å². The molecule has 0 bridgehead atoms. The second-order valence-corrected chi connectivity index (χ2v) is 4.77. The largest absolute Gasteiger partial charge is 0.298 e. The van der Waals surface area contributed by atoms with Gasteiger partial charge in [-0.25, -0.2) is 0 Å². The molecule has 0 aromatic heterocycles. The highest BCUT2D eigenvalue weighted by Crippen LogP contribution is 2.44. The lowest BCUT2D eigenvalue weighted by atomic mass is 10.1. The van der Waals surface area contributed by atoms with Gasteiger partial charge in [-0.05, 0) is 45.2 Å². The Hall–Kier alpha value is -0.0400. The third-order valence-corrected chi connectivity index (χ3v) is 3.72. The van der Waals surface area contributed by atoms with E-state index in [2.05, 4.69) is 25.7 Å². The Bertz CT molecular complexity index is 141. The van der Waals surface area contributed by atoms with E-state index in [1.807, 2.05) is 0 Å². The summed E-state index contributed by atoms with van der Waals surface area (Å²) in [4.78, 5) is 2.78. The summed E-state index contributed by atoms with van der Waals surface area (Å²) in [5.74, 6) is 0. The van der Waals surface area contributed by atoms with E-state index in [-0.39, 0.29) is 0 Å². The molecule has 0 amide bonds. The molecule has 84 valence electrons. The highest BCUT2D eigenvalue weighted by molar-refractivity contribution is 5.02. The maximum atomic E-state index is 2.78. The van der Waals surface area contributed by atoms with Crippen LogP contribution in [0.2, 0.25) is 0 Å². The molecule has 1 aliphatic carbocycles. The molecule has 1 aliphatic rings. The van der Waals surface area contributed by atoms with Crippen LogP contribution in [0, 0.1) is 0 Å². The van der Waals surface area contributed by atoms with Gasteiger partial charge in [-0.15, -0.1) is 0 Å². The SMILES string of the molecule is CCCCN(CCCC)C1(CC)CC1. The van der Waals surface area contributed by atoms with Gasteiger partial charge in [0.05, 0.1) is 0 Å². The molecule has 0 radical (unpaired) electrons. The van der Waals surface area contributed by atoms with E-state index in [1.54, 1.807) is 0 Å². The Labute approximate surface area is 89.9 Å². The van der Waals surface area contributed by atoms with Gasteiger partial charge in [0.25, 0.3) is 0 Å². The summed E-state index contributed by atoms with van der Waals surface area (Å²) in [6, 6.07) is 0. The minimum absolute atomic E-state index is 0.643. The van der Waals surface area contributed by atoms with Crippen LogP contribution in [0.3, 0.4) is 0 Å². The average molecular weight is 197 g/mol. The van der Waals surface area contributed by atoms with Gasteiger partial charge in [-0.1, -0.05) is 33.6 Å². The lowest BCUT2D eigenvalue weighted by Crippen LogP contribution is -2.38. The zero-order chi connectivity index (χ0) is 10.4. The van der Waals surface area contributed by atoms with Crippen LogP contribution < -0.4 is 0 Å². The molecule has 0 aromatic carbocycles. The second kappa shape index (κ2) is 5.75. The van der Waals surface area contributed by atoms with E-state index < -0.39 is 0 Å². The lowest BCUT2D eigenvalue weighted by molar-refractivity contribution is 0.166. The van der Waals surface area contributed by atoms with E-state index in [9.17, 15) is 0 Å². The Balaban J connectivity index is 2.35. The van der Waals surface area contributed by atoms with Crippen molar-refractivity contribution in [3.8, 4) is 0 Å². The van der Waals surface area contributed by atoms with Crippen molar-refractivity contribution in [3.63, 3.8) is 0 Å². The predicted molar refractivity (Wildman–Crippen MR) is 63.6 cm³/mol. The molecule has 0 N–H and O–H groups in total. The fourth-order valence-electron chi connectivity index (χ4n) is 2.32. The van der Waals surface area contributed by atoms with Crippen LogP contribution >= 0.6 is 0 Å². The molecule has 1 nitrogen and oxygen atoms in total. The van der Waals surface area contributed by atoms with Gasteiger partial charge >= 0.3 is 0 Å². The molecule has 0 unspecified atom stereocenters. The fourth-order valence-corrected chi connectivity index (χ4v) is 2.32. The topological polar surface area (TPSA) is 3.24 Å². The van der Waals surface area contributed by atoms with E-state index in [4.69, 9.17) is 0 Å². The molecule has 0 heterocycles. The first kappa shape index (κ1) is 12.0. The summed E-state index contributed by atoms with van der Waals surface area (Å²) in [5.41, 5.74) is 0.643. The lowest BCUT2D eigenvalue weighted by Gasteiger charge is -2.31. The third kappa shape index (κ3) is 2.98. The van der Waals surface area contributed by atoms with Crippen LogP contribution in [0.1, 0.15) is 65.7 Å². The monoisotopic (exact) mass is 197 g/mol. The first-order valence-corrected chi connectivity index (χ1v) is 6.54. The number of hydrogen-bond acceptors (Lipinski definition) is 1. The van der Waals surface area contributed by atoms with Crippen molar-refractivity contribution in [2.45, 2.75) is 71.3 Å². The predicted octanol–water partition coefficient (Wildman–Crippen LogP) is 3.83. The van der Waals surface area contributed by atoms with Crippen molar-refractivity contribution in [3.05, 3.63) is 0 Å². The Morgan fingerprint density at radius 1 is 0.929 bits per heavy atom. The van der Waals surface area contributed by atoms with Crippen LogP contribution in [0.15, 0.2) is 0 Å². The zero-order valence-corrected chi connectivity index (χ0v) is 10.3. The third-order valence-electron chi connectivity index (χ3n) is 3.72. The number of hydrogen-bond donors (Lipinski definition) is 0. The van der Waals surface area contributed by atoms with Crippen LogP contribution in [0.5, 0.6) is 0 Å². The molecule has 0 atom stereocenters. The van der Waals surface area contributed by atoms with Crippen LogP contribution in [-0.2, 0) is 0 Å². The highest BCUT2D eigenvalue weighted by atomic mass is 15.2. The second-order valence-electron chi connectivity index (χ2n) is 4.77. The molecule has 1 rings (SSSR count). The molecule has 0 spiro atoms. The maximum Gasteiger partial charge on any atom is 0.0208 e. The number of nitrogens with zero attached hydrogens (tertiary/aromatic N) is 1. The standard InChI is InChI=1S/C13H27N/c1-4-7-11-14(12-8-5-2)13(6-3)9-10-13/h4-12H2,1-3H3. The molecule has 1 fully saturated rings. The highest BCUT2D eigenvalue weighted by Gasteiger charge is 2.45. The Kier molecular flexibility index (Phi) is 4.94. The molecule has 0 aliphatic heterocycles. The van der Waals surface area contributed by atoms with Gasteiger partial charge in [0.1, 0.15) is 0 Å². The van der Waals surface area contributed by atoms with Gasteiger partial charge in [0.2, 0.25) is 0 Å². The minimum Gasteiger partial charge on any atom is -0.298 e. The van der Waals surface area contributed by atoms with E-state index in [0.29, 0.717) is 5.54 Å². The van der Waals surface area contributed by atoms with Gasteiger partial charge in [-0.2, -0.15) is 0 Å². The quantitative estimate of drug-likeness (QED) is 0.571. The smallest absolute Gasteiger partial charge is 0.0208 e. The molecule has 0 saturated heterocycles. The summed E-state index contributed by atoms with van der Waals surface area (Å²) >= 11 is 0. The minimum atomic E-state index is 0.643. The summed E-state index contributed by atoms with van der Waals surface area (Å²) in [6.07, 6.45) is 9.70. The van der Waals surface area contributed by atoms with Gasteiger partial charge < -0.3 is 0 Å². The summed E-state index contributed by atoms with van der Waals surface area (Å²) in [6.45, 7) is 9.62. The van der Waals surface area contributed by atoms with Crippen molar-refractivity contribution >= 4 is 0 Å². The number of rotatable bonds is 8. The first-order chi connectivity index (χ1) is 6.79. The maximum absolute atomic E-state index is 2.78. The van der Waals surface area contributed by atoms with Crippen molar-refractivity contribution in [1.29, 1.82) is 0 Å². The Morgan fingerprint density at radius 3 is 1.71 bits per heavy atom. The van der Waals surface area contributed by atoms with Crippen molar-refractivity contribution < 1.29 is 0 Å². The zero-order valence-electron chi connectivity index (χ0n) is 10.3. The van der Waals surface area contributed by atoms with Crippen molar-refractivity contribution in [2.24, 2.45) is 0 Å². The summed E-state index contributed by atoms with van der Waals surface area (Å²) in [7, 11) is 0. The molecular formula is C13H27N. The molecule has 1 heteroatoms. The van der Waals surface area contributed by atoms with Gasteiger partial charge in [0.15, 0.2) is 0 Å². The Morgan fingerprint density at radius 2 is 1.43 bits per heavy atom. The van der Waals surface area contributed by atoms with E-state index in [0.717, 1.165) is 0 Å². The van der Waals surface area contributed by atoms with Gasteiger partial charge in [-0.3, -0.25) is 4.90 Å². The molecular weight excluding hydrogens is 170 g/mol. The van der Waals surface area contributed by atoms with E-state index in [1.165, 1.54) is 58.0 Å². The summed E-state index contributed by atoms with van der Waals surface area (Å²) < 4.78 is 0. The van der Waals surface area contributed by atoms with Gasteiger partial charge in [0, 0.05) is 5.54 Å². The van der Waals surface area contributed by atoms with Crippen molar-refractivity contribution in [2.75, 3.05) is 13.1 Å². The number of unbranched alkanes of at least 4 members (excludes halogenated alkanes) is 2. The van der Waals surface area contributed by atoms with Crippen LogP contribution in [0.25, 0.3) is 0 Å². The molecule has 1 saturated carbocycles. The fraction of sp³-hybridized carbons (Fsp3) is 1.00. The van der Waals surface area contributed by atoms with Crippen LogP contribution in [0.4, 0.5) is 0 Å². The normalized spacial score (nSPS) is 18.9. The summed E-state index contributed by atoms with van der Waals surface area (Å²) in [5, 5.41) is 0.